The Labute approximate surface area is 128 Å². The van der Waals surface area contributed by atoms with Crippen LogP contribution in [0.15, 0.2) is 0 Å². The third kappa shape index (κ3) is 3.41. The maximum atomic E-state index is 12.4. The Morgan fingerprint density at radius 1 is 1.48 bits per heavy atom. The van der Waals surface area contributed by atoms with Crippen LogP contribution in [0.4, 0.5) is 0 Å². The average molecular weight is 311 g/mol. The monoisotopic (exact) mass is 311 g/mol. The van der Waals surface area contributed by atoms with E-state index in [2.05, 4.69) is 10.3 Å². The van der Waals surface area contributed by atoms with Crippen LogP contribution < -0.4 is 5.32 Å². The first kappa shape index (κ1) is 15.9. The van der Waals surface area contributed by atoms with E-state index in [1.165, 1.54) is 0 Å². The van der Waals surface area contributed by atoms with Crippen LogP contribution in [0.2, 0.25) is 0 Å². The number of thiazole rings is 1. The van der Waals surface area contributed by atoms with E-state index in [1.807, 2.05) is 13.8 Å². The molecule has 0 spiro atoms. The topological polar surface area (TPSA) is 71.5 Å². The number of morpholine rings is 1. The van der Waals surface area contributed by atoms with Crippen LogP contribution in [0.1, 0.15) is 22.5 Å². The van der Waals surface area contributed by atoms with Gasteiger partial charge in [0.15, 0.2) is 5.60 Å². The SMILES string of the molecule is CNC(=O)C1(C)CN(C(=O)Cc2sc(C)nc2C)CCO1. The second-order valence-corrected chi connectivity index (χ2v) is 6.68. The summed E-state index contributed by atoms with van der Waals surface area (Å²) in [5.41, 5.74) is -0.0606. The summed E-state index contributed by atoms with van der Waals surface area (Å²) in [4.78, 5) is 31.4. The van der Waals surface area contributed by atoms with Gasteiger partial charge >= 0.3 is 0 Å². The number of carbonyl (C=O) groups excluding carboxylic acids is 2. The van der Waals surface area contributed by atoms with Crippen LogP contribution in [0.25, 0.3) is 0 Å². The van der Waals surface area contributed by atoms with Gasteiger partial charge in [0.1, 0.15) is 0 Å². The maximum Gasteiger partial charge on any atom is 0.253 e. The number of nitrogens with one attached hydrogen (secondary N) is 1. The highest BCUT2D eigenvalue weighted by Gasteiger charge is 2.40. The zero-order valence-corrected chi connectivity index (χ0v) is 13.7. The summed E-state index contributed by atoms with van der Waals surface area (Å²) >= 11 is 1.55. The van der Waals surface area contributed by atoms with Crippen LogP contribution in [0.3, 0.4) is 0 Å². The second-order valence-electron chi connectivity index (χ2n) is 5.39. The van der Waals surface area contributed by atoms with Crippen molar-refractivity contribution in [1.82, 2.24) is 15.2 Å². The molecule has 0 aliphatic carbocycles. The molecular formula is C14H21N3O3S. The number of aromatic nitrogens is 1. The number of hydrogen-bond acceptors (Lipinski definition) is 5. The van der Waals surface area contributed by atoms with Crippen molar-refractivity contribution in [3.63, 3.8) is 0 Å². The Hall–Kier alpha value is -1.47. The highest BCUT2D eigenvalue weighted by molar-refractivity contribution is 7.11. The lowest BCUT2D eigenvalue weighted by molar-refractivity contribution is -0.162. The van der Waals surface area contributed by atoms with Crippen LogP contribution in [0.5, 0.6) is 0 Å². The fraction of sp³-hybridized carbons (Fsp3) is 0.643. The van der Waals surface area contributed by atoms with Crippen molar-refractivity contribution in [3.05, 3.63) is 15.6 Å². The smallest absolute Gasteiger partial charge is 0.253 e. The van der Waals surface area contributed by atoms with Crippen molar-refractivity contribution in [1.29, 1.82) is 0 Å². The quantitative estimate of drug-likeness (QED) is 0.890. The van der Waals surface area contributed by atoms with Crippen LogP contribution >= 0.6 is 11.3 Å². The molecule has 1 unspecified atom stereocenters. The number of nitrogens with zero attached hydrogens (tertiary/aromatic N) is 2. The van der Waals surface area contributed by atoms with Gasteiger partial charge in [0, 0.05) is 18.5 Å². The Morgan fingerprint density at radius 2 is 2.19 bits per heavy atom. The molecule has 1 saturated heterocycles. The number of likely N-dealkylation sites (N-methyl/N-ethyl adjacent to an activating group) is 1. The predicted molar refractivity (Wildman–Crippen MR) is 80.3 cm³/mol. The van der Waals surface area contributed by atoms with Crippen molar-refractivity contribution in [3.8, 4) is 0 Å². The van der Waals surface area contributed by atoms with E-state index in [-0.39, 0.29) is 18.4 Å². The third-order valence-electron chi connectivity index (χ3n) is 3.65. The molecule has 2 heterocycles. The van der Waals surface area contributed by atoms with Gasteiger partial charge < -0.3 is 15.0 Å². The van der Waals surface area contributed by atoms with Gasteiger partial charge in [0.05, 0.1) is 30.3 Å². The van der Waals surface area contributed by atoms with Gasteiger partial charge in [0.2, 0.25) is 5.91 Å². The Kier molecular flexibility index (Phi) is 4.63. The number of ether oxygens (including phenoxy) is 1. The Bertz CT molecular complexity index is 558. The van der Waals surface area contributed by atoms with Gasteiger partial charge in [-0.25, -0.2) is 4.98 Å². The number of rotatable bonds is 3. The molecule has 0 bridgehead atoms. The lowest BCUT2D eigenvalue weighted by Crippen LogP contribution is -2.59. The molecule has 2 rings (SSSR count). The summed E-state index contributed by atoms with van der Waals surface area (Å²) < 4.78 is 5.56. The van der Waals surface area contributed by atoms with Crippen LogP contribution in [-0.4, -0.2) is 54.0 Å². The Balaban J connectivity index is 2.06. The van der Waals surface area contributed by atoms with Crippen molar-refractivity contribution in [2.45, 2.75) is 32.8 Å². The number of aryl methyl sites for hydroxylation is 2. The molecule has 21 heavy (non-hydrogen) atoms. The minimum Gasteiger partial charge on any atom is -0.362 e. The summed E-state index contributed by atoms with van der Waals surface area (Å²) in [5, 5.41) is 3.55. The van der Waals surface area contributed by atoms with E-state index in [1.54, 1.807) is 30.2 Å². The summed E-state index contributed by atoms with van der Waals surface area (Å²) in [6, 6.07) is 0. The van der Waals surface area contributed by atoms with Crippen LogP contribution in [0, 0.1) is 13.8 Å². The molecule has 0 saturated carbocycles. The van der Waals surface area contributed by atoms with Gasteiger partial charge in [0.25, 0.3) is 5.91 Å². The predicted octanol–water partition coefficient (Wildman–Crippen LogP) is 0.666. The molecule has 1 aliphatic rings. The summed E-state index contributed by atoms with van der Waals surface area (Å²) in [6.07, 6.45) is 0.334. The lowest BCUT2D eigenvalue weighted by Gasteiger charge is -2.39. The van der Waals surface area contributed by atoms with Crippen molar-refractivity contribution < 1.29 is 14.3 Å². The van der Waals surface area contributed by atoms with Gasteiger partial charge in [-0.2, -0.15) is 0 Å². The molecule has 7 heteroatoms. The second kappa shape index (κ2) is 6.11. The van der Waals surface area contributed by atoms with Crippen molar-refractivity contribution in [2.24, 2.45) is 0 Å². The van der Waals surface area contributed by atoms with E-state index in [0.29, 0.717) is 19.6 Å². The van der Waals surface area contributed by atoms with Gasteiger partial charge in [-0.15, -0.1) is 11.3 Å². The summed E-state index contributed by atoms with van der Waals surface area (Å²) in [7, 11) is 1.57. The maximum absolute atomic E-state index is 12.4. The fourth-order valence-corrected chi connectivity index (χ4v) is 3.40. The summed E-state index contributed by atoms with van der Waals surface area (Å²) in [5.74, 6) is -0.190. The average Bonchev–Trinajstić information content (AvgIpc) is 2.75. The third-order valence-corrected chi connectivity index (χ3v) is 4.72. The van der Waals surface area contributed by atoms with Crippen molar-refractivity contribution >= 4 is 23.2 Å². The van der Waals surface area contributed by atoms with E-state index in [0.717, 1.165) is 15.6 Å². The molecule has 2 amide bonds. The molecule has 6 nitrogen and oxygen atoms in total. The normalized spacial score (nSPS) is 22.2. The Morgan fingerprint density at radius 3 is 2.76 bits per heavy atom. The van der Waals surface area contributed by atoms with Gasteiger partial charge in [-0.05, 0) is 20.8 Å². The number of amides is 2. The van der Waals surface area contributed by atoms with E-state index in [4.69, 9.17) is 4.74 Å². The first-order valence-corrected chi connectivity index (χ1v) is 7.74. The largest absolute Gasteiger partial charge is 0.362 e. The minimum atomic E-state index is -0.971. The van der Waals surface area contributed by atoms with E-state index in [9.17, 15) is 9.59 Å². The first-order valence-electron chi connectivity index (χ1n) is 6.92. The van der Waals surface area contributed by atoms with Gasteiger partial charge in [-0.1, -0.05) is 0 Å². The molecule has 1 N–H and O–H groups in total. The highest BCUT2D eigenvalue weighted by Crippen LogP contribution is 2.21. The molecule has 1 aromatic rings. The molecule has 1 aliphatic heterocycles. The molecular weight excluding hydrogens is 290 g/mol. The first-order chi connectivity index (χ1) is 9.85. The zero-order valence-electron chi connectivity index (χ0n) is 12.9. The summed E-state index contributed by atoms with van der Waals surface area (Å²) in [6.45, 7) is 6.73. The number of carbonyl (C=O) groups is 2. The van der Waals surface area contributed by atoms with E-state index >= 15 is 0 Å². The molecule has 0 aromatic carbocycles. The van der Waals surface area contributed by atoms with Crippen molar-refractivity contribution in [2.75, 3.05) is 26.7 Å². The van der Waals surface area contributed by atoms with E-state index < -0.39 is 5.60 Å². The molecule has 116 valence electrons. The molecule has 1 atom stereocenters. The standard InChI is InChI=1S/C14H21N3O3S/c1-9-11(21-10(2)16-9)7-12(18)17-5-6-20-14(3,8-17)13(19)15-4/h5-8H2,1-4H3,(H,15,19). The lowest BCUT2D eigenvalue weighted by atomic mass is 10.0. The number of hydrogen-bond donors (Lipinski definition) is 1. The molecule has 0 radical (unpaired) electrons. The van der Waals surface area contributed by atoms with Crippen LogP contribution in [-0.2, 0) is 20.7 Å². The fourth-order valence-electron chi connectivity index (χ4n) is 2.47. The zero-order chi connectivity index (χ0) is 15.6. The molecule has 1 fully saturated rings. The van der Waals surface area contributed by atoms with Gasteiger partial charge in [-0.3, -0.25) is 9.59 Å². The molecule has 1 aromatic heterocycles. The highest BCUT2D eigenvalue weighted by atomic mass is 32.1. The minimum absolute atomic E-state index is 0.0141.